The SMILES string of the molecule is CC1=C(/C=C/C(C)=C\C=C\C(C)=C/C(=O)Nc2ccccc2N)C(C)(C)CCC1. The van der Waals surface area contributed by atoms with Crippen molar-refractivity contribution in [2.45, 2.75) is 53.9 Å². The van der Waals surface area contributed by atoms with Gasteiger partial charge in [0.25, 0.3) is 0 Å². The first-order valence-corrected chi connectivity index (χ1v) is 10.3. The first-order chi connectivity index (χ1) is 13.7. The standard InChI is InChI=1S/C26H34N2O/c1-19(15-16-22-21(3)12-9-17-26(22,4)5)10-8-11-20(2)18-25(29)28-24-14-7-6-13-23(24)27/h6-8,10-11,13-16,18H,9,12,17,27H2,1-5H3,(H,28,29)/b11-8+,16-15+,19-10-,20-18-. The number of nitrogens with one attached hydrogen (secondary N) is 1. The second kappa shape index (κ2) is 10.1. The molecular weight excluding hydrogens is 356 g/mol. The van der Waals surface area contributed by atoms with Gasteiger partial charge in [0, 0.05) is 6.08 Å². The van der Waals surface area contributed by atoms with Crippen LogP contribution in [-0.4, -0.2) is 5.91 Å². The summed E-state index contributed by atoms with van der Waals surface area (Å²) in [4.78, 5) is 12.1. The van der Waals surface area contributed by atoms with Gasteiger partial charge in [-0.1, -0.05) is 67.5 Å². The monoisotopic (exact) mass is 390 g/mol. The molecule has 3 nitrogen and oxygen atoms in total. The molecule has 1 aliphatic rings. The number of carbonyl (C=O) groups is 1. The second-order valence-corrected chi connectivity index (χ2v) is 8.50. The van der Waals surface area contributed by atoms with Gasteiger partial charge in [0.05, 0.1) is 11.4 Å². The van der Waals surface area contributed by atoms with Gasteiger partial charge >= 0.3 is 0 Å². The number of hydrogen-bond donors (Lipinski definition) is 2. The van der Waals surface area contributed by atoms with Crippen LogP contribution in [0, 0.1) is 5.41 Å². The molecule has 29 heavy (non-hydrogen) atoms. The van der Waals surface area contributed by atoms with Gasteiger partial charge in [0.15, 0.2) is 0 Å². The lowest BCUT2D eigenvalue weighted by atomic mass is 9.72. The minimum absolute atomic E-state index is 0.187. The van der Waals surface area contributed by atoms with Crippen molar-refractivity contribution in [3.8, 4) is 0 Å². The number of rotatable bonds is 6. The Balaban J connectivity index is 1.98. The van der Waals surface area contributed by atoms with Crippen LogP contribution in [0.25, 0.3) is 0 Å². The van der Waals surface area contributed by atoms with Crippen LogP contribution in [0.15, 0.2) is 83.0 Å². The van der Waals surface area contributed by atoms with E-state index in [2.05, 4.69) is 51.2 Å². The highest BCUT2D eigenvalue weighted by molar-refractivity contribution is 6.01. The molecule has 2 rings (SSSR count). The molecule has 1 amide bonds. The minimum atomic E-state index is -0.187. The van der Waals surface area contributed by atoms with Crippen LogP contribution in [0.5, 0.6) is 0 Å². The van der Waals surface area contributed by atoms with Crippen molar-refractivity contribution in [2.75, 3.05) is 11.1 Å². The van der Waals surface area contributed by atoms with Gasteiger partial charge in [0.2, 0.25) is 5.91 Å². The zero-order valence-corrected chi connectivity index (χ0v) is 18.4. The van der Waals surface area contributed by atoms with Gasteiger partial charge in [-0.2, -0.15) is 0 Å². The van der Waals surface area contributed by atoms with Crippen LogP contribution < -0.4 is 11.1 Å². The number of hydrogen-bond acceptors (Lipinski definition) is 2. The van der Waals surface area contributed by atoms with Crippen LogP contribution in [0.3, 0.4) is 0 Å². The van der Waals surface area contributed by atoms with E-state index in [1.807, 2.05) is 31.2 Å². The molecule has 0 atom stereocenters. The third-order valence-corrected chi connectivity index (χ3v) is 5.35. The van der Waals surface area contributed by atoms with E-state index in [1.165, 1.54) is 36.0 Å². The summed E-state index contributed by atoms with van der Waals surface area (Å²) >= 11 is 0. The zero-order chi connectivity index (χ0) is 21.4. The number of carbonyl (C=O) groups excluding carboxylic acids is 1. The van der Waals surface area contributed by atoms with Gasteiger partial charge in [-0.15, -0.1) is 0 Å². The van der Waals surface area contributed by atoms with Crippen molar-refractivity contribution in [2.24, 2.45) is 5.41 Å². The van der Waals surface area contributed by atoms with E-state index in [0.717, 1.165) is 5.57 Å². The highest BCUT2D eigenvalue weighted by atomic mass is 16.1. The van der Waals surface area contributed by atoms with E-state index in [-0.39, 0.29) is 11.3 Å². The fourth-order valence-corrected chi connectivity index (χ4v) is 3.67. The largest absolute Gasteiger partial charge is 0.397 e. The molecule has 0 fully saturated rings. The maximum atomic E-state index is 12.1. The Kier molecular flexibility index (Phi) is 7.83. The number of amides is 1. The summed E-state index contributed by atoms with van der Waals surface area (Å²) in [6.45, 7) is 10.9. The summed E-state index contributed by atoms with van der Waals surface area (Å²) in [5.41, 5.74) is 12.3. The molecular formula is C26H34N2O. The molecule has 1 aromatic carbocycles. The maximum absolute atomic E-state index is 12.1. The molecule has 0 spiro atoms. The van der Waals surface area contributed by atoms with Crippen LogP contribution in [-0.2, 0) is 4.79 Å². The van der Waals surface area contributed by atoms with E-state index in [4.69, 9.17) is 5.73 Å². The van der Waals surface area contributed by atoms with Gasteiger partial charge in [-0.3, -0.25) is 4.79 Å². The van der Waals surface area contributed by atoms with E-state index in [0.29, 0.717) is 11.4 Å². The average molecular weight is 391 g/mol. The van der Waals surface area contributed by atoms with Crippen molar-refractivity contribution in [1.29, 1.82) is 0 Å². The number of allylic oxidation sites excluding steroid dienone is 9. The van der Waals surface area contributed by atoms with Crippen LogP contribution in [0.4, 0.5) is 11.4 Å². The zero-order valence-electron chi connectivity index (χ0n) is 18.4. The maximum Gasteiger partial charge on any atom is 0.248 e. The summed E-state index contributed by atoms with van der Waals surface area (Å²) < 4.78 is 0. The lowest BCUT2D eigenvalue weighted by Crippen LogP contribution is -2.19. The second-order valence-electron chi connectivity index (χ2n) is 8.50. The lowest BCUT2D eigenvalue weighted by molar-refractivity contribution is -0.111. The molecule has 0 aromatic heterocycles. The number of nitrogen functional groups attached to an aromatic ring is 1. The molecule has 0 bridgehead atoms. The summed E-state index contributed by atoms with van der Waals surface area (Å²) in [6, 6.07) is 7.23. The Bertz CT molecular complexity index is 895. The van der Waals surface area contributed by atoms with Crippen molar-refractivity contribution in [3.05, 3.63) is 83.0 Å². The summed E-state index contributed by atoms with van der Waals surface area (Å²) in [5.74, 6) is -0.187. The summed E-state index contributed by atoms with van der Waals surface area (Å²) in [7, 11) is 0. The molecule has 0 unspecified atom stereocenters. The molecule has 154 valence electrons. The average Bonchev–Trinajstić information content (AvgIpc) is 2.62. The van der Waals surface area contributed by atoms with Crippen molar-refractivity contribution < 1.29 is 4.79 Å². The van der Waals surface area contributed by atoms with Crippen LogP contribution in [0.2, 0.25) is 0 Å². The molecule has 1 aromatic rings. The Morgan fingerprint density at radius 3 is 2.55 bits per heavy atom. The Morgan fingerprint density at radius 1 is 1.14 bits per heavy atom. The molecule has 3 heteroatoms. The molecule has 1 aliphatic carbocycles. The smallest absolute Gasteiger partial charge is 0.248 e. The highest BCUT2D eigenvalue weighted by Gasteiger charge is 2.26. The molecule has 0 heterocycles. The number of para-hydroxylation sites is 2. The van der Waals surface area contributed by atoms with Gasteiger partial charge in [-0.25, -0.2) is 0 Å². The predicted octanol–water partition coefficient (Wildman–Crippen LogP) is 6.74. The normalized spacial score (nSPS) is 18.0. The Hall–Kier alpha value is -2.81. The minimum Gasteiger partial charge on any atom is -0.397 e. The van der Waals surface area contributed by atoms with E-state index < -0.39 is 0 Å². The Labute approximate surface area is 175 Å². The molecule has 0 saturated carbocycles. The van der Waals surface area contributed by atoms with Crippen molar-refractivity contribution >= 4 is 17.3 Å². The highest BCUT2D eigenvalue weighted by Crippen LogP contribution is 2.40. The fourth-order valence-electron chi connectivity index (χ4n) is 3.67. The van der Waals surface area contributed by atoms with Gasteiger partial charge in [0.1, 0.15) is 0 Å². The van der Waals surface area contributed by atoms with Crippen molar-refractivity contribution in [1.82, 2.24) is 0 Å². The predicted molar refractivity (Wildman–Crippen MR) is 126 cm³/mol. The van der Waals surface area contributed by atoms with E-state index in [9.17, 15) is 4.79 Å². The first-order valence-electron chi connectivity index (χ1n) is 10.3. The quantitative estimate of drug-likeness (QED) is 0.321. The first kappa shape index (κ1) is 22.5. The van der Waals surface area contributed by atoms with Gasteiger partial charge in [-0.05, 0) is 68.7 Å². The van der Waals surface area contributed by atoms with Crippen LogP contribution >= 0.6 is 0 Å². The molecule has 0 aliphatic heterocycles. The third kappa shape index (κ3) is 6.94. The summed E-state index contributed by atoms with van der Waals surface area (Å²) in [5, 5.41) is 2.80. The van der Waals surface area contributed by atoms with Crippen molar-refractivity contribution in [3.63, 3.8) is 0 Å². The van der Waals surface area contributed by atoms with Crippen LogP contribution in [0.1, 0.15) is 53.9 Å². The third-order valence-electron chi connectivity index (χ3n) is 5.35. The number of nitrogens with two attached hydrogens (primary N) is 1. The number of anilines is 2. The lowest BCUT2D eigenvalue weighted by Gasteiger charge is -2.32. The topological polar surface area (TPSA) is 55.1 Å². The van der Waals surface area contributed by atoms with E-state index in [1.54, 1.807) is 18.2 Å². The Morgan fingerprint density at radius 2 is 1.86 bits per heavy atom. The molecule has 0 saturated heterocycles. The van der Waals surface area contributed by atoms with Gasteiger partial charge < -0.3 is 11.1 Å². The van der Waals surface area contributed by atoms with E-state index >= 15 is 0 Å². The summed E-state index contributed by atoms with van der Waals surface area (Å²) in [6.07, 6.45) is 15.7. The fraction of sp³-hybridized carbons (Fsp3) is 0.346. The molecule has 3 N–H and O–H groups in total. The molecule has 0 radical (unpaired) electrons. The number of benzene rings is 1.